The van der Waals surface area contributed by atoms with Crippen molar-refractivity contribution in [2.45, 2.75) is 32.0 Å². The largest absolute Gasteiger partial charge is 0.489 e. The van der Waals surface area contributed by atoms with Gasteiger partial charge in [0, 0.05) is 31.5 Å². The zero-order valence-electron chi connectivity index (χ0n) is 20.3. The van der Waals surface area contributed by atoms with E-state index in [2.05, 4.69) is 5.32 Å². The third-order valence-corrected chi connectivity index (χ3v) is 6.09. The highest BCUT2D eigenvalue weighted by Crippen LogP contribution is 2.24. The Morgan fingerprint density at radius 1 is 0.889 bits per heavy atom. The van der Waals surface area contributed by atoms with Crippen LogP contribution in [0.3, 0.4) is 0 Å². The average Bonchev–Trinajstić information content (AvgIpc) is 2.93. The fraction of sp³-hybridized carbons (Fsp3) is 0.276. The lowest BCUT2D eigenvalue weighted by Crippen LogP contribution is -2.46. The maximum Gasteiger partial charge on any atom is 0.263 e. The summed E-state index contributed by atoms with van der Waals surface area (Å²) in [7, 11) is 0. The monoisotopic (exact) mass is 486 g/mol. The van der Waals surface area contributed by atoms with Gasteiger partial charge in [-0.1, -0.05) is 60.7 Å². The highest BCUT2D eigenvalue weighted by atomic mass is 16.5. The van der Waals surface area contributed by atoms with Crippen LogP contribution in [0.15, 0.2) is 84.9 Å². The van der Waals surface area contributed by atoms with Gasteiger partial charge in [0.1, 0.15) is 17.6 Å². The highest BCUT2D eigenvalue weighted by molar-refractivity contribution is 6.03. The Hall–Kier alpha value is -4.13. The minimum absolute atomic E-state index is 0.0554. The number of likely N-dealkylation sites (tertiary alicyclic amines) is 1. The minimum Gasteiger partial charge on any atom is -0.489 e. The van der Waals surface area contributed by atoms with Crippen LogP contribution in [-0.4, -0.2) is 54.3 Å². The molecular weight excluding hydrogens is 456 g/mol. The average molecular weight is 487 g/mol. The maximum atomic E-state index is 12.8. The van der Waals surface area contributed by atoms with Crippen molar-refractivity contribution in [3.8, 4) is 11.5 Å². The molecule has 1 fully saturated rings. The number of ketones is 1. The van der Waals surface area contributed by atoms with Gasteiger partial charge in [-0.15, -0.1) is 0 Å². The van der Waals surface area contributed by atoms with Crippen LogP contribution in [0.25, 0.3) is 0 Å². The molecule has 0 radical (unpaired) electrons. The minimum atomic E-state index is -0.576. The molecule has 7 heteroatoms. The number of piperidine rings is 1. The first kappa shape index (κ1) is 25.0. The summed E-state index contributed by atoms with van der Waals surface area (Å²) in [6.45, 7) is 2.76. The van der Waals surface area contributed by atoms with Gasteiger partial charge in [-0.05, 0) is 31.2 Å². The number of nitrogens with one attached hydrogen (secondary N) is 1. The van der Waals surface area contributed by atoms with Gasteiger partial charge < -0.3 is 19.7 Å². The zero-order valence-corrected chi connectivity index (χ0v) is 20.3. The van der Waals surface area contributed by atoms with Gasteiger partial charge in [0.25, 0.3) is 11.8 Å². The third-order valence-electron chi connectivity index (χ3n) is 6.09. The molecule has 1 aliphatic rings. The molecule has 2 amide bonds. The van der Waals surface area contributed by atoms with E-state index >= 15 is 0 Å². The number of carbonyl (C=O) groups is 3. The molecule has 1 atom stereocenters. The fourth-order valence-electron chi connectivity index (χ4n) is 4.12. The Morgan fingerprint density at radius 2 is 1.50 bits per heavy atom. The molecular formula is C29H30N2O5. The normalized spacial score (nSPS) is 14.5. The molecule has 0 bridgehead atoms. The van der Waals surface area contributed by atoms with Crippen LogP contribution in [0.5, 0.6) is 11.5 Å². The maximum absolute atomic E-state index is 12.8. The van der Waals surface area contributed by atoms with Crippen molar-refractivity contribution in [2.75, 3.05) is 19.6 Å². The van der Waals surface area contributed by atoms with Crippen molar-refractivity contribution in [1.29, 1.82) is 0 Å². The lowest BCUT2D eigenvalue weighted by atomic mass is 10.1. The first-order valence-electron chi connectivity index (χ1n) is 12.1. The lowest BCUT2D eigenvalue weighted by Gasteiger charge is -2.33. The molecule has 0 saturated carbocycles. The molecule has 1 unspecified atom stereocenters. The molecule has 7 nitrogen and oxygen atoms in total. The molecule has 186 valence electrons. The second-order valence-corrected chi connectivity index (χ2v) is 8.68. The quantitative estimate of drug-likeness (QED) is 0.460. The Morgan fingerprint density at radius 3 is 2.19 bits per heavy atom. The van der Waals surface area contributed by atoms with E-state index in [1.807, 2.05) is 42.5 Å². The lowest BCUT2D eigenvalue weighted by molar-refractivity contribution is -0.139. The second kappa shape index (κ2) is 12.0. The predicted molar refractivity (Wildman–Crippen MR) is 136 cm³/mol. The molecule has 1 saturated heterocycles. The number of hydrogen-bond acceptors (Lipinski definition) is 5. The van der Waals surface area contributed by atoms with Crippen LogP contribution >= 0.6 is 0 Å². The molecule has 3 aromatic rings. The predicted octanol–water partition coefficient (Wildman–Crippen LogP) is 4.14. The molecule has 3 aromatic carbocycles. The van der Waals surface area contributed by atoms with Gasteiger partial charge in [0.05, 0.1) is 12.1 Å². The SMILES string of the molecule is CC(Oc1ccccc1)C(=O)N1CCC(Oc2ccccc2C(=O)NCC(=O)c2ccccc2)CC1. The Labute approximate surface area is 211 Å². The van der Waals surface area contributed by atoms with Crippen LogP contribution in [0.1, 0.15) is 40.5 Å². The van der Waals surface area contributed by atoms with Gasteiger partial charge in [0.15, 0.2) is 11.9 Å². The Balaban J connectivity index is 1.29. The van der Waals surface area contributed by atoms with Crippen molar-refractivity contribution in [3.63, 3.8) is 0 Å². The summed E-state index contributed by atoms with van der Waals surface area (Å²) in [5.74, 6) is 0.545. The summed E-state index contributed by atoms with van der Waals surface area (Å²) in [6, 6.07) is 25.1. The van der Waals surface area contributed by atoms with E-state index in [0.717, 1.165) is 0 Å². The van der Waals surface area contributed by atoms with Gasteiger partial charge in [-0.2, -0.15) is 0 Å². The summed E-state index contributed by atoms with van der Waals surface area (Å²) >= 11 is 0. The number of hydrogen-bond donors (Lipinski definition) is 1. The van der Waals surface area contributed by atoms with Crippen LogP contribution in [0.4, 0.5) is 0 Å². The number of benzene rings is 3. The summed E-state index contributed by atoms with van der Waals surface area (Å²) in [5, 5.41) is 2.69. The number of amides is 2. The highest BCUT2D eigenvalue weighted by Gasteiger charge is 2.28. The third kappa shape index (κ3) is 6.50. The second-order valence-electron chi connectivity index (χ2n) is 8.68. The van der Waals surface area contributed by atoms with Crippen LogP contribution in [0, 0.1) is 0 Å². The number of para-hydroxylation sites is 2. The van der Waals surface area contributed by atoms with E-state index in [4.69, 9.17) is 9.47 Å². The number of carbonyl (C=O) groups excluding carboxylic acids is 3. The van der Waals surface area contributed by atoms with E-state index in [1.165, 1.54) is 0 Å². The standard InChI is InChI=1S/C29H30N2O5/c1-21(35-23-12-6-3-7-13-23)29(34)31-18-16-24(17-19-31)36-27-15-9-8-14-25(27)28(33)30-20-26(32)22-10-4-2-5-11-22/h2-15,21,24H,16-20H2,1H3,(H,30,33). The Bertz CT molecular complexity index is 1170. The van der Waals surface area contributed by atoms with E-state index in [9.17, 15) is 14.4 Å². The van der Waals surface area contributed by atoms with Crippen LogP contribution < -0.4 is 14.8 Å². The smallest absolute Gasteiger partial charge is 0.263 e. The van der Waals surface area contributed by atoms with Crippen molar-refractivity contribution in [2.24, 2.45) is 0 Å². The van der Waals surface area contributed by atoms with E-state index in [1.54, 1.807) is 54.3 Å². The first-order valence-corrected chi connectivity index (χ1v) is 12.1. The molecule has 1 N–H and O–H groups in total. The van der Waals surface area contributed by atoms with Crippen molar-refractivity contribution < 1.29 is 23.9 Å². The molecule has 0 spiro atoms. The van der Waals surface area contributed by atoms with Gasteiger partial charge in [-0.25, -0.2) is 0 Å². The van der Waals surface area contributed by atoms with E-state index < -0.39 is 6.10 Å². The summed E-state index contributed by atoms with van der Waals surface area (Å²) in [5.41, 5.74) is 0.925. The fourth-order valence-corrected chi connectivity index (χ4v) is 4.12. The van der Waals surface area contributed by atoms with Crippen molar-refractivity contribution >= 4 is 17.6 Å². The Kier molecular flexibility index (Phi) is 8.34. The first-order chi connectivity index (χ1) is 17.5. The van der Waals surface area contributed by atoms with E-state index in [0.29, 0.717) is 48.6 Å². The molecule has 1 aliphatic heterocycles. The van der Waals surface area contributed by atoms with E-state index in [-0.39, 0.29) is 30.2 Å². The molecule has 0 aliphatic carbocycles. The van der Waals surface area contributed by atoms with Gasteiger partial charge >= 0.3 is 0 Å². The molecule has 0 aromatic heterocycles. The number of rotatable bonds is 9. The van der Waals surface area contributed by atoms with Crippen LogP contribution in [-0.2, 0) is 4.79 Å². The summed E-state index contributed by atoms with van der Waals surface area (Å²) in [4.78, 5) is 39.7. The topological polar surface area (TPSA) is 84.9 Å². The summed E-state index contributed by atoms with van der Waals surface area (Å²) in [6.07, 6.45) is 0.588. The number of ether oxygens (including phenoxy) is 2. The van der Waals surface area contributed by atoms with Crippen molar-refractivity contribution in [1.82, 2.24) is 10.2 Å². The van der Waals surface area contributed by atoms with Crippen LogP contribution in [0.2, 0.25) is 0 Å². The number of Topliss-reactive ketones (excluding diaryl/α,β-unsaturated/α-hetero) is 1. The van der Waals surface area contributed by atoms with Gasteiger partial charge in [-0.3, -0.25) is 14.4 Å². The molecule has 4 rings (SSSR count). The summed E-state index contributed by atoms with van der Waals surface area (Å²) < 4.78 is 11.9. The van der Waals surface area contributed by atoms with Gasteiger partial charge in [0.2, 0.25) is 0 Å². The number of nitrogens with zero attached hydrogens (tertiary/aromatic N) is 1. The zero-order chi connectivity index (χ0) is 25.3. The molecule has 1 heterocycles. The van der Waals surface area contributed by atoms with Crippen molar-refractivity contribution in [3.05, 3.63) is 96.1 Å². The molecule has 36 heavy (non-hydrogen) atoms.